The Bertz CT molecular complexity index is 556. The second-order valence-corrected chi connectivity index (χ2v) is 4.64. The van der Waals surface area contributed by atoms with Crippen molar-refractivity contribution in [2.75, 3.05) is 26.7 Å². The molecule has 2 aromatic heterocycles. The van der Waals surface area contributed by atoms with Crippen LogP contribution >= 0.6 is 12.4 Å². The van der Waals surface area contributed by atoms with E-state index in [4.69, 9.17) is 8.94 Å². The van der Waals surface area contributed by atoms with Crippen LogP contribution < -0.4 is 5.32 Å². The van der Waals surface area contributed by atoms with Gasteiger partial charge in [0.15, 0.2) is 17.9 Å². The smallest absolute Gasteiger partial charge is 0.280 e. The number of halogens is 1. The summed E-state index contributed by atoms with van der Waals surface area (Å²) in [7, 11) is 2.06. The summed E-state index contributed by atoms with van der Waals surface area (Å²) in [6.07, 6.45) is 2.16. The van der Waals surface area contributed by atoms with E-state index in [1.54, 1.807) is 0 Å². The van der Waals surface area contributed by atoms with Gasteiger partial charge in [-0.15, -0.1) is 12.4 Å². The number of aromatic nitrogens is 3. The van der Waals surface area contributed by atoms with E-state index >= 15 is 0 Å². The molecule has 110 valence electrons. The van der Waals surface area contributed by atoms with E-state index in [0.717, 1.165) is 31.8 Å². The molecule has 7 nitrogen and oxygen atoms in total. The lowest BCUT2D eigenvalue weighted by atomic mass is 10.2. The Balaban J connectivity index is 0.00000147. The van der Waals surface area contributed by atoms with Crippen LogP contribution in [0.3, 0.4) is 0 Å². The number of hydrogen-bond acceptors (Lipinski definition) is 7. The lowest BCUT2D eigenvalue weighted by Gasteiger charge is -2.30. The van der Waals surface area contributed by atoms with Crippen molar-refractivity contribution < 1.29 is 8.94 Å². The standard InChI is InChI=1S/C12H17N5O2.ClH/c1-3-9-10(14-7-18-9)12-15-11(16-19-12)8-6-13-4-5-17(8)2;/h7-8,13H,3-6H2,1-2H3;1H. The van der Waals surface area contributed by atoms with Gasteiger partial charge >= 0.3 is 0 Å². The Kier molecular flexibility index (Phi) is 4.74. The van der Waals surface area contributed by atoms with E-state index in [0.29, 0.717) is 17.4 Å². The van der Waals surface area contributed by atoms with Gasteiger partial charge in [0, 0.05) is 26.1 Å². The second kappa shape index (κ2) is 6.34. The van der Waals surface area contributed by atoms with E-state index in [1.165, 1.54) is 6.39 Å². The number of nitrogens with zero attached hydrogens (tertiary/aromatic N) is 4. The lowest BCUT2D eigenvalue weighted by Crippen LogP contribution is -2.44. The molecule has 0 saturated carbocycles. The average Bonchev–Trinajstić information content (AvgIpc) is 3.07. The molecule has 1 unspecified atom stereocenters. The molecule has 1 N–H and O–H groups in total. The van der Waals surface area contributed by atoms with Crippen molar-refractivity contribution in [3.05, 3.63) is 18.0 Å². The van der Waals surface area contributed by atoms with Crippen LogP contribution in [0.15, 0.2) is 15.3 Å². The highest BCUT2D eigenvalue weighted by Crippen LogP contribution is 2.24. The maximum absolute atomic E-state index is 5.32. The third-order valence-corrected chi connectivity index (χ3v) is 3.42. The zero-order valence-corrected chi connectivity index (χ0v) is 12.3. The van der Waals surface area contributed by atoms with Crippen LogP contribution in [0.2, 0.25) is 0 Å². The monoisotopic (exact) mass is 299 g/mol. The van der Waals surface area contributed by atoms with Gasteiger partial charge in [-0.1, -0.05) is 12.1 Å². The summed E-state index contributed by atoms with van der Waals surface area (Å²) in [6, 6.07) is 0.142. The van der Waals surface area contributed by atoms with Gasteiger partial charge in [0.1, 0.15) is 5.76 Å². The molecule has 0 amide bonds. The quantitative estimate of drug-likeness (QED) is 0.914. The fraction of sp³-hybridized carbons (Fsp3) is 0.583. The molecule has 0 aliphatic carbocycles. The maximum atomic E-state index is 5.32. The van der Waals surface area contributed by atoms with Crippen molar-refractivity contribution in [1.29, 1.82) is 0 Å². The molecule has 0 bridgehead atoms. The Labute approximate surface area is 123 Å². The highest BCUT2D eigenvalue weighted by Gasteiger charge is 2.26. The third kappa shape index (κ3) is 2.70. The molecule has 0 spiro atoms. The van der Waals surface area contributed by atoms with Gasteiger partial charge in [0.2, 0.25) is 0 Å². The first-order valence-electron chi connectivity index (χ1n) is 6.47. The van der Waals surface area contributed by atoms with Crippen LogP contribution in [-0.4, -0.2) is 46.7 Å². The van der Waals surface area contributed by atoms with Crippen molar-refractivity contribution >= 4 is 12.4 Å². The molecule has 1 aliphatic heterocycles. The topological polar surface area (TPSA) is 80.2 Å². The number of oxazole rings is 1. The fourth-order valence-corrected chi connectivity index (χ4v) is 2.26. The summed E-state index contributed by atoms with van der Waals surface area (Å²) >= 11 is 0. The molecule has 1 atom stereocenters. The summed E-state index contributed by atoms with van der Waals surface area (Å²) in [6.45, 7) is 4.79. The molecule has 1 aliphatic rings. The van der Waals surface area contributed by atoms with Gasteiger partial charge in [-0.25, -0.2) is 4.98 Å². The third-order valence-electron chi connectivity index (χ3n) is 3.42. The van der Waals surface area contributed by atoms with Crippen LogP contribution in [-0.2, 0) is 6.42 Å². The molecular formula is C12H18ClN5O2. The normalized spacial score (nSPS) is 19.8. The minimum atomic E-state index is 0. The summed E-state index contributed by atoms with van der Waals surface area (Å²) in [5.74, 6) is 1.89. The first kappa shape index (κ1) is 15.0. The van der Waals surface area contributed by atoms with E-state index < -0.39 is 0 Å². The second-order valence-electron chi connectivity index (χ2n) is 4.64. The number of hydrogen-bond donors (Lipinski definition) is 1. The summed E-state index contributed by atoms with van der Waals surface area (Å²) in [4.78, 5) is 10.8. The predicted octanol–water partition coefficient (Wildman–Crippen LogP) is 1.28. The van der Waals surface area contributed by atoms with E-state index in [1.807, 2.05) is 6.92 Å². The Morgan fingerprint density at radius 3 is 3.10 bits per heavy atom. The van der Waals surface area contributed by atoms with Crippen LogP contribution in [0, 0.1) is 0 Å². The van der Waals surface area contributed by atoms with Gasteiger partial charge in [0.05, 0.1) is 6.04 Å². The first-order chi connectivity index (χ1) is 9.29. The Hall–Kier alpha value is -1.44. The van der Waals surface area contributed by atoms with Crippen molar-refractivity contribution in [1.82, 2.24) is 25.3 Å². The summed E-state index contributed by atoms with van der Waals surface area (Å²) in [5.41, 5.74) is 0.646. The lowest BCUT2D eigenvalue weighted by molar-refractivity contribution is 0.190. The van der Waals surface area contributed by atoms with Gasteiger partial charge < -0.3 is 14.3 Å². The molecule has 3 heterocycles. The summed E-state index contributed by atoms with van der Waals surface area (Å²) < 4.78 is 10.6. The van der Waals surface area contributed by atoms with Crippen molar-refractivity contribution in [2.24, 2.45) is 0 Å². The van der Waals surface area contributed by atoms with E-state index in [2.05, 4.69) is 32.4 Å². The number of nitrogens with one attached hydrogen (secondary N) is 1. The molecule has 1 saturated heterocycles. The van der Waals surface area contributed by atoms with Crippen LogP contribution in [0.25, 0.3) is 11.6 Å². The van der Waals surface area contributed by atoms with Gasteiger partial charge in [-0.05, 0) is 7.05 Å². The first-order valence-corrected chi connectivity index (χ1v) is 6.47. The fourth-order valence-electron chi connectivity index (χ4n) is 2.26. The van der Waals surface area contributed by atoms with Crippen LogP contribution in [0.1, 0.15) is 24.6 Å². The number of piperazine rings is 1. The van der Waals surface area contributed by atoms with Crippen LogP contribution in [0.5, 0.6) is 0 Å². The minimum Gasteiger partial charge on any atom is -0.448 e. The highest BCUT2D eigenvalue weighted by atomic mass is 35.5. The van der Waals surface area contributed by atoms with E-state index in [-0.39, 0.29) is 18.4 Å². The molecule has 0 aromatic carbocycles. The van der Waals surface area contributed by atoms with Gasteiger partial charge in [-0.2, -0.15) is 4.98 Å². The van der Waals surface area contributed by atoms with Crippen LogP contribution in [0.4, 0.5) is 0 Å². The van der Waals surface area contributed by atoms with Gasteiger partial charge in [0.25, 0.3) is 5.89 Å². The molecule has 8 heteroatoms. The van der Waals surface area contributed by atoms with Gasteiger partial charge in [-0.3, -0.25) is 4.90 Å². The van der Waals surface area contributed by atoms with Crippen molar-refractivity contribution in [2.45, 2.75) is 19.4 Å². The molecular weight excluding hydrogens is 282 g/mol. The number of likely N-dealkylation sites (N-methyl/N-ethyl adjacent to an activating group) is 1. The predicted molar refractivity (Wildman–Crippen MR) is 74.7 cm³/mol. The number of rotatable bonds is 3. The average molecular weight is 300 g/mol. The molecule has 0 radical (unpaired) electrons. The Morgan fingerprint density at radius 1 is 1.50 bits per heavy atom. The molecule has 20 heavy (non-hydrogen) atoms. The van der Waals surface area contributed by atoms with Crippen molar-refractivity contribution in [3.63, 3.8) is 0 Å². The maximum Gasteiger partial charge on any atom is 0.280 e. The number of aryl methyl sites for hydroxylation is 1. The Morgan fingerprint density at radius 2 is 2.35 bits per heavy atom. The molecule has 1 fully saturated rings. The summed E-state index contributed by atoms with van der Waals surface area (Å²) in [5, 5.41) is 7.41. The minimum absolute atomic E-state index is 0. The SMILES string of the molecule is CCc1ocnc1-c1nc(C2CNCCN2C)no1.Cl. The molecule has 2 aromatic rings. The largest absolute Gasteiger partial charge is 0.448 e. The van der Waals surface area contributed by atoms with E-state index in [9.17, 15) is 0 Å². The van der Waals surface area contributed by atoms with Crippen molar-refractivity contribution in [3.8, 4) is 11.6 Å². The highest BCUT2D eigenvalue weighted by molar-refractivity contribution is 5.85. The molecule has 3 rings (SSSR count). The zero-order valence-electron chi connectivity index (χ0n) is 11.5. The zero-order chi connectivity index (χ0) is 13.2.